The van der Waals surface area contributed by atoms with Crippen LogP contribution in [0.2, 0.25) is 0 Å². The fourth-order valence-electron chi connectivity index (χ4n) is 4.11. The van der Waals surface area contributed by atoms with Gasteiger partial charge in [-0.3, -0.25) is 4.79 Å². The molecule has 0 radical (unpaired) electrons. The van der Waals surface area contributed by atoms with E-state index in [1.54, 1.807) is 6.92 Å². The Morgan fingerprint density at radius 3 is 1.83 bits per heavy atom. The van der Waals surface area contributed by atoms with E-state index in [0.29, 0.717) is 12.5 Å². The van der Waals surface area contributed by atoms with E-state index in [9.17, 15) is 4.79 Å². The first-order valence-corrected chi connectivity index (χ1v) is 11.9. The Morgan fingerprint density at radius 2 is 1.37 bits per heavy atom. The van der Waals surface area contributed by atoms with Crippen LogP contribution in [-0.2, 0) is 11.4 Å². The maximum Gasteiger partial charge on any atom is 0.217 e. The van der Waals surface area contributed by atoms with Crippen LogP contribution in [0.4, 0.5) is 0 Å². The van der Waals surface area contributed by atoms with Gasteiger partial charge < -0.3 is 14.6 Å². The number of amides is 1. The summed E-state index contributed by atoms with van der Waals surface area (Å²) in [6, 6.07) is 24.6. The van der Waals surface area contributed by atoms with Crippen molar-refractivity contribution in [3.05, 3.63) is 107 Å². The SMILES string of the molecule is CC(=O)NC(c1ccc(OCc2c(C)noc2C)cc1)c1ccc(-c2ccc(C(C)C)cc2)cc1. The van der Waals surface area contributed by atoms with E-state index >= 15 is 0 Å². The molecule has 1 amide bonds. The van der Waals surface area contributed by atoms with Crippen LogP contribution in [0.5, 0.6) is 5.75 Å². The largest absolute Gasteiger partial charge is 0.489 e. The summed E-state index contributed by atoms with van der Waals surface area (Å²) in [7, 11) is 0. The lowest BCUT2D eigenvalue weighted by atomic mass is 9.95. The molecule has 5 heteroatoms. The molecule has 0 fully saturated rings. The first-order valence-electron chi connectivity index (χ1n) is 11.9. The third-order valence-corrected chi connectivity index (χ3v) is 6.28. The van der Waals surface area contributed by atoms with Crippen LogP contribution in [0.15, 0.2) is 77.3 Å². The molecule has 3 aromatic carbocycles. The summed E-state index contributed by atoms with van der Waals surface area (Å²) >= 11 is 0. The Balaban J connectivity index is 1.51. The molecule has 0 spiro atoms. The maximum atomic E-state index is 12.0. The summed E-state index contributed by atoms with van der Waals surface area (Å²) in [5.74, 6) is 1.94. The lowest BCUT2D eigenvalue weighted by Gasteiger charge is -2.20. The van der Waals surface area contributed by atoms with Gasteiger partial charge in [0.05, 0.1) is 17.3 Å². The van der Waals surface area contributed by atoms with Gasteiger partial charge in [-0.1, -0.05) is 79.7 Å². The third-order valence-electron chi connectivity index (χ3n) is 6.28. The van der Waals surface area contributed by atoms with E-state index in [4.69, 9.17) is 9.26 Å². The monoisotopic (exact) mass is 468 g/mol. The smallest absolute Gasteiger partial charge is 0.217 e. The number of nitrogens with zero attached hydrogens (tertiary/aromatic N) is 1. The van der Waals surface area contributed by atoms with E-state index in [2.05, 4.69) is 72.9 Å². The minimum atomic E-state index is -0.249. The number of hydrogen-bond acceptors (Lipinski definition) is 4. The molecule has 1 aromatic heterocycles. The quantitative estimate of drug-likeness (QED) is 0.306. The number of carbonyl (C=O) groups is 1. The molecule has 1 N–H and O–H groups in total. The van der Waals surface area contributed by atoms with Crippen molar-refractivity contribution in [2.24, 2.45) is 0 Å². The minimum absolute atomic E-state index is 0.0814. The van der Waals surface area contributed by atoms with Gasteiger partial charge in [0.25, 0.3) is 0 Å². The molecular weight excluding hydrogens is 436 g/mol. The highest BCUT2D eigenvalue weighted by molar-refractivity contribution is 5.74. The van der Waals surface area contributed by atoms with Gasteiger partial charge in [0.15, 0.2) is 0 Å². The topological polar surface area (TPSA) is 64.4 Å². The highest BCUT2D eigenvalue weighted by Gasteiger charge is 2.16. The molecule has 1 heterocycles. The Kier molecular flexibility index (Phi) is 7.35. The van der Waals surface area contributed by atoms with Crippen molar-refractivity contribution in [2.75, 3.05) is 0 Å². The molecule has 0 saturated heterocycles. The highest BCUT2D eigenvalue weighted by atomic mass is 16.5. The van der Waals surface area contributed by atoms with Crippen molar-refractivity contribution in [3.8, 4) is 16.9 Å². The number of rotatable bonds is 8. The number of aromatic nitrogens is 1. The normalized spacial score (nSPS) is 11.9. The summed E-state index contributed by atoms with van der Waals surface area (Å²) < 4.78 is 11.1. The van der Waals surface area contributed by atoms with E-state index < -0.39 is 0 Å². The number of aryl methyl sites for hydroxylation is 2. The molecule has 5 nitrogen and oxygen atoms in total. The predicted molar refractivity (Wildman–Crippen MR) is 138 cm³/mol. The molecule has 4 rings (SSSR count). The molecular formula is C30H32N2O3. The maximum absolute atomic E-state index is 12.0. The fourth-order valence-corrected chi connectivity index (χ4v) is 4.11. The molecule has 0 aliphatic carbocycles. The summed E-state index contributed by atoms with van der Waals surface area (Å²) in [6.07, 6.45) is 0. The van der Waals surface area contributed by atoms with Gasteiger partial charge in [-0.25, -0.2) is 0 Å². The van der Waals surface area contributed by atoms with Gasteiger partial charge in [0.2, 0.25) is 5.91 Å². The van der Waals surface area contributed by atoms with Crippen molar-refractivity contribution in [1.29, 1.82) is 0 Å². The zero-order valence-electron chi connectivity index (χ0n) is 21.0. The zero-order valence-corrected chi connectivity index (χ0v) is 21.0. The Labute approximate surface area is 207 Å². The van der Waals surface area contributed by atoms with E-state index in [0.717, 1.165) is 39.5 Å². The van der Waals surface area contributed by atoms with Crippen molar-refractivity contribution in [3.63, 3.8) is 0 Å². The lowest BCUT2D eigenvalue weighted by Crippen LogP contribution is -2.26. The van der Waals surface area contributed by atoms with Gasteiger partial charge in [-0.2, -0.15) is 0 Å². The summed E-state index contributed by atoms with van der Waals surface area (Å²) in [4.78, 5) is 12.0. The summed E-state index contributed by atoms with van der Waals surface area (Å²) in [6.45, 7) is 10.1. The average Bonchev–Trinajstić information content (AvgIpc) is 3.18. The highest BCUT2D eigenvalue weighted by Crippen LogP contribution is 2.28. The number of nitrogens with one attached hydrogen (secondary N) is 1. The molecule has 180 valence electrons. The number of benzene rings is 3. The number of hydrogen-bond donors (Lipinski definition) is 1. The summed E-state index contributed by atoms with van der Waals surface area (Å²) in [5.41, 5.74) is 7.46. The standard InChI is InChI=1S/C30H32N2O3/c1-19(2)23-6-8-24(9-7-23)25-10-12-26(13-11-25)30(31-22(5)33)27-14-16-28(17-15-27)34-18-29-20(3)32-35-21(29)4/h6-17,19,30H,18H2,1-5H3,(H,31,33). The van der Waals surface area contributed by atoms with Crippen LogP contribution < -0.4 is 10.1 Å². The van der Waals surface area contributed by atoms with Crippen molar-refractivity contribution in [1.82, 2.24) is 10.5 Å². The predicted octanol–water partition coefficient (Wildman–Crippen LogP) is 6.89. The lowest BCUT2D eigenvalue weighted by molar-refractivity contribution is -0.119. The molecule has 0 aliphatic heterocycles. The molecule has 0 aliphatic rings. The van der Waals surface area contributed by atoms with Gasteiger partial charge in [0, 0.05) is 6.92 Å². The van der Waals surface area contributed by atoms with Crippen LogP contribution in [0.25, 0.3) is 11.1 Å². The van der Waals surface area contributed by atoms with E-state index in [1.165, 1.54) is 11.1 Å². The third kappa shape index (κ3) is 5.80. The van der Waals surface area contributed by atoms with Crippen molar-refractivity contribution >= 4 is 5.91 Å². The Bertz CT molecular complexity index is 1250. The van der Waals surface area contributed by atoms with E-state index in [-0.39, 0.29) is 11.9 Å². The fraction of sp³-hybridized carbons (Fsp3) is 0.267. The van der Waals surface area contributed by atoms with Crippen molar-refractivity contribution in [2.45, 2.75) is 53.2 Å². The Hall–Kier alpha value is -3.86. The van der Waals surface area contributed by atoms with Gasteiger partial charge in [0.1, 0.15) is 18.1 Å². The van der Waals surface area contributed by atoms with Crippen LogP contribution in [0.3, 0.4) is 0 Å². The molecule has 1 unspecified atom stereocenters. The molecule has 4 aromatic rings. The van der Waals surface area contributed by atoms with Gasteiger partial charge in [-0.15, -0.1) is 0 Å². The van der Waals surface area contributed by atoms with Gasteiger partial charge in [-0.05, 0) is 59.7 Å². The van der Waals surface area contributed by atoms with Crippen LogP contribution in [0.1, 0.15) is 66.4 Å². The molecule has 1 atom stereocenters. The van der Waals surface area contributed by atoms with Crippen LogP contribution in [-0.4, -0.2) is 11.1 Å². The van der Waals surface area contributed by atoms with Crippen molar-refractivity contribution < 1.29 is 14.1 Å². The molecule has 35 heavy (non-hydrogen) atoms. The number of ether oxygens (including phenoxy) is 1. The summed E-state index contributed by atoms with van der Waals surface area (Å²) in [5, 5.41) is 7.05. The average molecular weight is 469 g/mol. The first kappa shape index (κ1) is 24.3. The number of carbonyl (C=O) groups excluding carboxylic acids is 1. The molecule has 0 saturated carbocycles. The second kappa shape index (κ2) is 10.6. The van der Waals surface area contributed by atoms with Crippen LogP contribution >= 0.6 is 0 Å². The first-order chi connectivity index (χ1) is 16.8. The zero-order chi connectivity index (χ0) is 24.9. The van der Waals surface area contributed by atoms with E-state index in [1.807, 2.05) is 38.1 Å². The molecule has 0 bridgehead atoms. The van der Waals surface area contributed by atoms with Crippen LogP contribution in [0, 0.1) is 13.8 Å². The van der Waals surface area contributed by atoms with Gasteiger partial charge >= 0.3 is 0 Å². The minimum Gasteiger partial charge on any atom is -0.489 e. The second-order valence-corrected chi connectivity index (χ2v) is 9.19. The second-order valence-electron chi connectivity index (χ2n) is 9.19. The Morgan fingerprint density at radius 1 is 0.857 bits per heavy atom.